The summed E-state index contributed by atoms with van der Waals surface area (Å²) in [6.45, 7) is 3.18. The Morgan fingerprint density at radius 2 is 1.94 bits per heavy atom. The number of hydrazine groups is 2. The second-order valence-electron chi connectivity index (χ2n) is 4.07. The van der Waals surface area contributed by atoms with Gasteiger partial charge in [-0.1, -0.05) is 43.7 Å². The maximum absolute atomic E-state index is 3.18. The fourth-order valence-electron chi connectivity index (χ4n) is 1.81. The molecule has 0 bridgehead atoms. The van der Waals surface area contributed by atoms with E-state index in [4.69, 9.17) is 0 Å². The van der Waals surface area contributed by atoms with Crippen molar-refractivity contribution < 1.29 is 0 Å². The summed E-state index contributed by atoms with van der Waals surface area (Å²) in [6.07, 6.45) is 5.50. The summed E-state index contributed by atoms with van der Waals surface area (Å²) >= 11 is 0. The highest BCUT2D eigenvalue weighted by Gasteiger charge is 2.09. The number of benzene rings is 1. The number of rotatable bonds is 5. The highest BCUT2D eigenvalue weighted by atomic mass is 15.7. The zero-order chi connectivity index (χ0) is 11.2. The van der Waals surface area contributed by atoms with Gasteiger partial charge < -0.3 is 5.43 Å². The lowest BCUT2D eigenvalue weighted by atomic mass is 10.1. The van der Waals surface area contributed by atoms with Crippen molar-refractivity contribution in [3.63, 3.8) is 0 Å². The molecular weight excluding hydrogens is 198 g/mol. The first-order chi connectivity index (χ1) is 7.88. The fourth-order valence-corrected chi connectivity index (χ4v) is 1.81. The number of hydrogen-bond donors (Lipinski definition) is 2. The van der Waals surface area contributed by atoms with Crippen LogP contribution in [-0.2, 0) is 6.42 Å². The van der Waals surface area contributed by atoms with Gasteiger partial charge in [-0.3, -0.25) is 5.01 Å². The molecule has 0 fully saturated rings. The van der Waals surface area contributed by atoms with Crippen LogP contribution in [0.15, 0.2) is 42.2 Å². The first kappa shape index (κ1) is 11.0. The van der Waals surface area contributed by atoms with Crippen molar-refractivity contribution in [2.75, 3.05) is 6.54 Å². The maximum atomic E-state index is 3.18. The van der Waals surface area contributed by atoms with Crippen LogP contribution in [0.3, 0.4) is 0 Å². The molecule has 1 aromatic rings. The molecule has 1 aliphatic rings. The van der Waals surface area contributed by atoms with E-state index in [9.17, 15) is 0 Å². The standard InChI is InChI=1S/C13H19N3/c1-2-6-13-11-16(15-14-13)10-9-12-7-4-3-5-8-12/h3-5,7-8,11,14-15H,2,6,9-10H2,1H3. The van der Waals surface area contributed by atoms with Gasteiger partial charge in [-0.05, 0) is 18.4 Å². The Morgan fingerprint density at radius 1 is 1.12 bits per heavy atom. The van der Waals surface area contributed by atoms with Crippen LogP contribution in [0, 0.1) is 0 Å². The van der Waals surface area contributed by atoms with Gasteiger partial charge in [-0.25, -0.2) is 0 Å². The van der Waals surface area contributed by atoms with Crippen LogP contribution >= 0.6 is 0 Å². The Morgan fingerprint density at radius 3 is 2.69 bits per heavy atom. The second-order valence-corrected chi connectivity index (χ2v) is 4.07. The fraction of sp³-hybridized carbons (Fsp3) is 0.385. The minimum absolute atomic E-state index is 0.990. The molecule has 1 aliphatic heterocycles. The molecule has 0 spiro atoms. The van der Waals surface area contributed by atoms with Crippen LogP contribution in [0.4, 0.5) is 0 Å². The van der Waals surface area contributed by atoms with Crippen LogP contribution < -0.4 is 11.0 Å². The van der Waals surface area contributed by atoms with Gasteiger partial charge in [0.2, 0.25) is 0 Å². The van der Waals surface area contributed by atoms with Crippen molar-refractivity contribution in [2.24, 2.45) is 0 Å². The lowest BCUT2D eigenvalue weighted by Gasteiger charge is -2.14. The van der Waals surface area contributed by atoms with Gasteiger partial charge in [-0.15, -0.1) is 5.53 Å². The number of allylic oxidation sites excluding steroid dienone is 1. The molecule has 0 atom stereocenters. The molecule has 2 N–H and O–H groups in total. The monoisotopic (exact) mass is 217 g/mol. The maximum Gasteiger partial charge on any atom is 0.0453 e. The summed E-state index contributed by atoms with van der Waals surface area (Å²) in [7, 11) is 0. The van der Waals surface area contributed by atoms with Gasteiger partial charge in [0.05, 0.1) is 0 Å². The first-order valence-electron chi connectivity index (χ1n) is 5.91. The molecule has 3 heteroatoms. The second kappa shape index (κ2) is 5.56. The van der Waals surface area contributed by atoms with Gasteiger partial charge in [0.25, 0.3) is 0 Å². The van der Waals surface area contributed by atoms with Crippen molar-refractivity contribution in [3.8, 4) is 0 Å². The van der Waals surface area contributed by atoms with E-state index in [1.165, 1.54) is 17.7 Å². The molecule has 0 saturated carbocycles. The van der Waals surface area contributed by atoms with E-state index in [1.807, 2.05) is 0 Å². The van der Waals surface area contributed by atoms with E-state index in [-0.39, 0.29) is 0 Å². The molecule has 0 amide bonds. The largest absolute Gasteiger partial charge is 0.306 e. The third kappa shape index (κ3) is 3.00. The van der Waals surface area contributed by atoms with E-state index in [2.05, 4.69) is 59.4 Å². The smallest absolute Gasteiger partial charge is 0.0453 e. The van der Waals surface area contributed by atoms with Crippen LogP contribution in [-0.4, -0.2) is 11.6 Å². The topological polar surface area (TPSA) is 27.3 Å². The Bertz CT molecular complexity index is 345. The van der Waals surface area contributed by atoms with Crippen LogP contribution in [0.5, 0.6) is 0 Å². The number of nitrogens with zero attached hydrogens (tertiary/aromatic N) is 1. The third-order valence-electron chi connectivity index (χ3n) is 2.68. The predicted octanol–water partition coefficient (Wildman–Crippen LogP) is 2.20. The highest BCUT2D eigenvalue weighted by molar-refractivity contribution is 5.15. The molecular formula is C13H19N3. The predicted molar refractivity (Wildman–Crippen MR) is 66.1 cm³/mol. The summed E-state index contributed by atoms with van der Waals surface area (Å²) in [6, 6.07) is 10.6. The summed E-state index contributed by atoms with van der Waals surface area (Å²) < 4.78 is 0. The lowest BCUT2D eigenvalue weighted by Crippen LogP contribution is -2.37. The molecule has 2 rings (SSSR count). The Labute approximate surface area is 97.1 Å². The quantitative estimate of drug-likeness (QED) is 0.791. The molecule has 3 nitrogen and oxygen atoms in total. The molecule has 0 saturated heterocycles. The Kier molecular flexibility index (Phi) is 3.83. The van der Waals surface area contributed by atoms with E-state index in [1.54, 1.807) is 0 Å². The summed E-state index contributed by atoms with van der Waals surface area (Å²) in [4.78, 5) is 0. The normalized spacial score (nSPS) is 14.8. The molecule has 86 valence electrons. The van der Waals surface area contributed by atoms with Gasteiger partial charge in [-0.2, -0.15) is 0 Å². The summed E-state index contributed by atoms with van der Waals surface area (Å²) in [5.41, 5.74) is 8.98. The van der Waals surface area contributed by atoms with E-state index in [0.29, 0.717) is 0 Å². The average Bonchev–Trinajstić information content (AvgIpc) is 2.76. The van der Waals surface area contributed by atoms with Crippen molar-refractivity contribution in [2.45, 2.75) is 26.2 Å². The first-order valence-corrected chi connectivity index (χ1v) is 5.91. The Balaban J connectivity index is 1.79. The third-order valence-corrected chi connectivity index (χ3v) is 2.68. The van der Waals surface area contributed by atoms with E-state index < -0.39 is 0 Å². The Hall–Kier alpha value is -1.48. The minimum Gasteiger partial charge on any atom is -0.306 e. The summed E-state index contributed by atoms with van der Waals surface area (Å²) in [5, 5.41) is 2.11. The van der Waals surface area contributed by atoms with Crippen molar-refractivity contribution >= 4 is 0 Å². The SMILES string of the molecule is CCCC1=CN(CCc2ccccc2)NN1. The number of nitrogens with one attached hydrogen (secondary N) is 2. The van der Waals surface area contributed by atoms with Gasteiger partial charge in [0, 0.05) is 18.4 Å². The zero-order valence-electron chi connectivity index (χ0n) is 9.74. The summed E-state index contributed by atoms with van der Waals surface area (Å²) in [5.74, 6) is 0. The lowest BCUT2D eigenvalue weighted by molar-refractivity contribution is 0.273. The van der Waals surface area contributed by atoms with Crippen LogP contribution in [0.2, 0.25) is 0 Å². The zero-order valence-corrected chi connectivity index (χ0v) is 9.74. The van der Waals surface area contributed by atoms with E-state index >= 15 is 0 Å². The van der Waals surface area contributed by atoms with Gasteiger partial charge >= 0.3 is 0 Å². The van der Waals surface area contributed by atoms with Crippen LogP contribution in [0.1, 0.15) is 25.3 Å². The molecule has 1 aromatic carbocycles. The molecule has 16 heavy (non-hydrogen) atoms. The molecule has 0 aromatic heterocycles. The van der Waals surface area contributed by atoms with Crippen LogP contribution in [0.25, 0.3) is 0 Å². The van der Waals surface area contributed by atoms with Gasteiger partial charge in [0.15, 0.2) is 0 Å². The minimum atomic E-state index is 0.990. The van der Waals surface area contributed by atoms with Gasteiger partial charge in [0.1, 0.15) is 0 Å². The molecule has 0 unspecified atom stereocenters. The molecule has 1 heterocycles. The average molecular weight is 217 g/mol. The molecule has 0 radical (unpaired) electrons. The highest BCUT2D eigenvalue weighted by Crippen LogP contribution is 2.07. The van der Waals surface area contributed by atoms with E-state index in [0.717, 1.165) is 19.4 Å². The van der Waals surface area contributed by atoms with Crippen molar-refractivity contribution in [1.82, 2.24) is 16.0 Å². The van der Waals surface area contributed by atoms with Crippen molar-refractivity contribution in [1.29, 1.82) is 0 Å². The number of hydrogen-bond acceptors (Lipinski definition) is 3. The van der Waals surface area contributed by atoms with Crippen molar-refractivity contribution in [3.05, 3.63) is 47.8 Å². The molecule has 0 aliphatic carbocycles.